The van der Waals surface area contributed by atoms with Gasteiger partial charge in [-0.25, -0.2) is 4.39 Å². The topological polar surface area (TPSA) is 34.0 Å². The summed E-state index contributed by atoms with van der Waals surface area (Å²) in [6, 6.07) is 8.23. The molecule has 1 aromatic heterocycles. The van der Waals surface area contributed by atoms with Gasteiger partial charge in [0.05, 0.1) is 6.42 Å². The fourth-order valence-electron chi connectivity index (χ4n) is 1.77. The van der Waals surface area contributed by atoms with Crippen LogP contribution in [0.4, 0.5) is 4.39 Å². The molecule has 5 heteroatoms. The summed E-state index contributed by atoms with van der Waals surface area (Å²) in [6.07, 6.45) is 3.79. The second-order valence-corrected chi connectivity index (χ2v) is 4.56. The predicted octanol–water partition coefficient (Wildman–Crippen LogP) is 2.64. The van der Waals surface area contributed by atoms with Gasteiger partial charge in [-0.15, -0.1) is 0 Å². The molecule has 0 radical (unpaired) electrons. The molecule has 2 aromatic rings. The largest absolute Gasteiger partial charge is 0.354 e. The summed E-state index contributed by atoms with van der Waals surface area (Å²) < 4.78 is 15.4. The lowest BCUT2D eigenvalue weighted by molar-refractivity contribution is -0.120. The van der Waals surface area contributed by atoms with Crippen molar-refractivity contribution in [3.8, 4) is 0 Å². The molecule has 19 heavy (non-hydrogen) atoms. The molecule has 100 valence electrons. The first-order chi connectivity index (χ1) is 9.16. The Labute approximate surface area is 116 Å². The van der Waals surface area contributed by atoms with Crippen molar-refractivity contribution in [1.29, 1.82) is 0 Å². The van der Waals surface area contributed by atoms with E-state index in [1.165, 1.54) is 12.1 Å². The number of hydrogen-bond acceptors (Lipinski definition) is 1. The average Bonchev–Trinajstić information content (AvgIpc) is 2.87. The van der Waals surface area contributed by atoms with Crippen LogP contribution in [0.15, 0.2) is 42.7 Å². The highest BCUT2D eigenvalue weighted by molar-refractivity contribution is 6.31. The lowest BCUT2D eigenvalue weighted by Gasteiger charge is -2.08. The molecule has 3 nitrogen and oxygen atoms in total. The molecule has 0 fully saturated rings. The average molecular weight is 281 g/mol. The van der Waals surface area contributed by atoms with Gasteiger partial charge in [0, 0.05) is 36.1 Å². The molecule has 0 saturated heterocycles. The van der Waals surface area contributed by atoms with E-state index in [9.17, 15) is 9.18 Å². The Morgan fingerprint density at radius 1 is 1.26 bits per heavy atom. The lowest BCUT2D eigenvalue weighted by atomic mass is 10.1. The summed E-state index contributed by atoms with van der Waals surface area (Å²) in [5, 5.41) is 3.02. The van der Waals surface area contributed by atoms with E-state index in [1.807, 2.05) is 29.1 Å². The van der Waals surface area contributed by atoms with Crippen molar-refractivity contribution < 1.29 is 9.18 Å². The maximum absolute atomic E-state index is 13.5. The highest BCUT2D eigenvalue weighted by atomic mass is 35.5. The van der Waals surface area contributed by atoms with Crippen molar-refractivity contribution in [2.45, 2.75) is 13.0 Å². The maximum Gasteiger partial charge on any atom is 0.224 e. The van der Waals surface area contributed by atoms with E-state index in [0.29, 0.717) is 13.1 Å². The van der Waals surface area contributed by atoms with Crippen LogP contribution in [-0.2, 0) is 17.8 Å². The van der Waals surface area contributed by atoms with Crippen LogP contribution in [0.2, 0.25) is 5.02 Å². The van der Waals surface area contributed by atoms with E-state index in [1.54, 1.807) is 6.07 Å². The Morgan fingerprint density at radius 3 is 2.68 bits per heavy atom. The third-order valence-electron chi connectivity index (χ3n) is 2.76. The van der Waals surface area contributed by atoms with Crippen molar-refractivity contribution in [3.63, 3.8) is 0 Å². The number of amides is 1. The fourth-order valence-corrected chi connectivity index (χ4v) is 2.00. The zero-order chi connectivity index (χ0) is 13.7. The molecule has 1 N–H and O–H groups in total. The molecule has 0 aliphatic heterocycles. The van der Waals surface area contributed by atoms with E-state index >= 15 is 0 Å². The summed E-state index contributed by atoms with van der Waals surface area (Å²) in [7, 11) is 0. The maximum atomic E-state index is 13.5. The molecule has 0 atom stereocenters. The fraction of sp³-hybridized carbons (Fsp3) is 0.214. The summed E-state index contributed by atoms with van der Waals surface area (Å²) in [6.45, 7) is 1.18. The molecule has 1 heterocycles. The first kappa shape index (κ1) is 13.6. The van der Waals surface area contributed by atoms with E-state index in [2.05, 4.69) is 5.32 Å². The van der Waals surface area contributed by atoms with Gasteiger partial charge in [-0.05, 0) is 24.3 Å². The molecule has 0 spiro atoms. The normalized spacial score (nSPS) is 10.4. The van der Waals surface area contributed by atoms with Crippen molar-refractivity contribution in [2.75, 3.05) is 6.54 Å². The highest BCUT2D eigenvalue weighted by Crippen LogP contribution is 2.19. The van der Waals surface area contributed by atoms with Gasteiger partial charge in [-0.2, -0.15) is 0 Å². The van der Waals surface area contributed by atoms with E-state index in [0.717, 1.165) is 0 Å². The number of nitrogens with zero attached hydrogens (tertiary/aromatic N) is 1. The van der Waals surface area contributed by atoms with Gasteiger partial charge < -0.3 is 9.88 Å². The van der Waals surface area contributed by atoms with Crippen LogP contribution in [0.25, 0.3) is 0 Å². The number of hydrogen-bond donors (Lipinski definition) is 1. The first-order valence-corrected chi connectivity index (χ1v) is 6.35. The Kier molecular flexibility index (Phi) is 4.58. The smallest absolute Gasteiger partial charge is 0.224 e. The minimum atomic E-state index is -0.451. The van der Waals surface area contributed by atoms with E-state index < -0.39 is 5.82 Å². The van der Waals surface area contributed by atoms with Crippen LogP contribution in [-0.4, -0.2) is 17.0 Å². The van der Waals surface area contributed by atoms with Crippen molar-refractivity contribution in [1.82, 2.24) is 9.88 Å². The van der Waals surface area contributed by atoms with Crippen molar-refractivity contribution in [3.05, 3.63) is 59.1 Å². The number of aromatic nitrogens is 1. The molecule has 2 rings (SSSR count). The van der Waals surface area contributed by atoms with Gasteiger partial charge in [0.15, 0.2) is 0 Å². The lowest BCUT2D eigenvalue weighted by Crippen LogP contribution is -2.28. The van der Waals surface area contributed by atoms with Gasteiger partial charge >= 0.3 is 0 Å². The van der Waals surface area contributed by atoms with Crippen LogP contribution in [0.3, 0.4) is 0 Å². The predicted molar refractivity (Wildman–Crippen MR) is 72.6 cm³/mol. The molecule has 1 amide bonds. The molecular weight excluding hydrogens is 267 g/mol. The standard InChI is InChI=1S/C14H14ClFN2O/c15-12-4-3-5-13(16)11(12)10-14(19)17-6-9-18-7-1-2-8-18/h1-5,7-8H,6,9-10H2,(H,17,19). The highest BCUT2D eigenvalue weighted by Gasteiger charge is 2.11. The molecule has 0 bridgehead atoms. The Balaban J connectivity index is 1.84. The molecule has 0 unspecified atom stereocenters. The second kappa shape index (κ2) is 6.38. The quantitative estimate of drug-likeness (QED) is 0.898. The molecule has 1 aromatic carbocycles. The molecule has 0 aliphatic rings. The Hall–Kier alpha value is -1.81. The third kappa shape index (κ3) is 3.83. The third-order valence-corrected chi connectivity index (χ3v) is 3.11. The number of carbonyl (C=O) groups excluding carboxylic acids is 1. The Bertz CT molecular complexity index is 534. The Morgan fingerprint density at radius 2 is 2.00 bits per heavy atom. The number of halogens is 2. The number of benzene rings is 1. The molecule has 0 aliphatic carbocycles. The molecule has 0 saturated carbocycles. The second-order valence-electron chi connectivity index (χ2n) is 4.15. The monoisotopic (exact) mass is 280 g/mol. The van der Waals surface area contributed by atoms with Crippen LogP contribution in [0.1, 0.15) is 5.56 Å². The van der Waals surface area contributed by atoms with Crippen LogP contribution in [0, 0.1) is 5.82 Å². The number of nitrogens with one attached hydrogen (secondary N) is 1. The number of rotatable bonds is 5. The minimum absolute atomic E-state index is 0.0445. The number of carbonyl (C=O) groups is 1. The zero-order valence-corrected chi connectivity index (χ0v) is 11.0. The first-order valence-electron chi connectivity index (χ1n) is 5.97. The van der Waals surface area contributed by atoms with Gasteiger partial charge in [-0.1, -0.05) is 17.7 Å². The van der Waals surface area contributed by atoms with Crippen LogP contribution < -0.4 is 5.32 Å². The van der Waals surface area contributed by atoms with Gasteiger partial charge in [0.25, 0.3) is 0 Å². The van der Waals surface area contributed by atoms with Crippen LogP contribution >= 0.6 is 11.6 Å². The minimum Gasteiger partial charge on any atom is -0.354 e. The van der Waals surface area contributed by atoms with Gasteiger partial charge in [-0.3, -0.25) is 4.79 Å². The van der Waals surface area contributed by atoms with Gasteiger partial charge in [0.2, 0.25) is 5.91 Å². The van der Waals surface area contributed by atoms with E-state index in [-0.39, 0.29) is 22.9 Å². The SMILES string of the molecule is O=C(Cc1c(F)cccc1Cl)NCCn1cccc1. The summed E-state index contributed by atoms with van der Waals surface area (Å²) in [5.41, 5.74) is 0.239. The van der Waals surface area contributed by atoms with E-state index in [4.69, 9.17) is 11.6 Å². The summed E-state index contributed by atoms with van der Waals surface area (Å²) in [5.74, 6) is -0.688. The molecular formula is C14H14ClFN2O. The zero-order valence-electron chi connectivity index (χ0n) is 10.3. The van der Waals surface area contributed by atoms with Crippen LogP contribution in [0.5, 0.6) is 0 Å². The van der Waals surface area contributed by atoms with Crippen molar-refractivity contribution >= 4 is 17.5 Å². The van der Waals surface area contributed by atoms with Gasteiger partial charge in [0.1, 0.15) is 5.82 Å². The summed E-state index contributed by atoms with van der Waals surface area (Å²) in [4.78, 5) is 11.7. The van der Waals surface area contributed by atoms with Crippen molar-refractivity contribution in [2.24, 2.45) is 0 Å². The summed E-state index contributed by atoms with van der Waals surface area (Å²) >= 11 is 5.86.